The van der Waals surface area contributed by atoms with Crippen LogP contribution in [0.3, 0.4) is 0 Å². The van der Waals surface area contributed by atoms with Crippen LogP contribution in [0.1, 0.15) is 233 Å². The van der Waals surface area contributed by atoms with E-state index >= 15 is 0 Å². The SMILES string of the molecule is CC/C=C\C/C=C\C/C=C\C/C=C\C/C=C\C/C=C\C/C=C\C/C=C\C/C=C\CCCCCCCCCC(=O)OCC(COC(=O)CCCCCCC)OC(=O)CCCCCCC/C=C\CCC. The molecule has 1 atom stereocenters. The lowest BCUT2D eigenvalue weighted by Crippen LogP contribution is -2.30. The third-order valence-electron chi connectivity index (χ3n) is 11.2. The van der Waals surface area contributed by atoms with Crippen LogP contribution in [0.25, 0.3) is 0 Å². The third kappa shape index (κ3) is 52.8. The Labute approximate surface area is 418 Å². The fraction of sp³-hybridized carbons (Fsp3) is 0.629. The van der Waals surface area contributed by atoms with Crippen LogP contribution in [0.4, 0.5) is 0 Å². The highest BCUT2D eigenvalue weighted by atomic mass is 16.6. The summed E-state index contributed by atoms with van der Waals surface area (Å²) < 4.78 is 16.6. The smallest absolute Gasteiger partial charge is 0.306 e. The summed E-state index contributed by atoms with van der Waals surface area (Å²) in [7, 11) is 0. The second-order valence-electron chi connectivity index (χ2n) is 17.8. The molecule has 384 valence electrons. The maximum Gasteiger partial charge on any atom is 0.306 e. The Bertz CT molecular complexity index is 1450. The number of esters is 3. The van der Waals surface area contributed by atoms with Gasteiger partial charge in [-0.1, -0.05) is 226 Å². The van der Waals surface area contributed by atoms with Crippen molar-refractivity contribution in [3.8, 4) is 0 Å². The Morgan fingerprint density at radius 2 is 0.603 bits per heavy atom. The van der Waals surface area contributed by atoms with Crippen molar-refractivity contribution in [3.63, 3.8) is 0 Å². The van der Waals surface area contributed by atoms with Crippen molar-refractivity contribution in [1.82, 2.24) is 0 Å². The first kappa shape index (κ1) is 63.8. The summed E-state index contributed by atoms with van der Waals surface area (Å²) in [5.74, 6) is -0.931. The predicted octanol–water partition coefficient (Wildman–Crippen LogP) is 18.5. The first-order valence-corrected chi connectivity index (χ1v) is 27.5. The Kier molecular flexibility index (Phi) is 52.0. The van der Waals surface area contributed by atoms with E-state index in [2.05, 4.69) is 142 Å². The second kappa shape index (κ2) is 55.4. The maximum atomic E-state index is 12.7. The van der Waals surface area contributed by atoms with Gasteiger partial charge in [-0.3, -0.25) is 14.4 Å². The first-order chi connectivity index (χ1) is 33.5. The summed E-state index contributed by atoms with van der Waals surface area (Å²) in [6, 6.07) is 0. The van der Waals surface area contributed by atoms with Crippen LogP contribution >= 0.6 is 0 Å². The van der Waals surface area contributed by atoms with Crippen LogP contribution in [0.2, 0.25) is 0 Å². The van der Waals surface area contributed by atoms with E-state index in [0.717, 1.165) is 148 Å². The Balaban J connectivity index is 4.03. The number of rotatable bonds is 48. The monoisotopic (exact) mass is 941 g/mol. The maximum absolute atomic E-state index is 12.7. The molecule has 0 aliphatic rings. The molecule has 0 amide bonds. The third-order valence-corrected chi connectivity index (χ3v) is 11.2. The van der Waals surface area contributed by atoms with E-state index < -0.39 is 6.10 Å². The van der Waals surface area contributed by atoms with E-state index in [1.807, 2.05) is 0 Å². The fourth-order valence-electron chi connectivity index (χ4n) is 7.08. The highest BCUT2D eigenvalue weighted by molar-refractivity contribution is 5.71. The van der Waals surface area contributed by atoms with Gasteiger partial charge in [-0.2, -0.15) is 0 Å². The number of ether oxygens (including phenoxy) is 3. The molecule has 0 heterocycles. The molecule has 0 fully saturated rings. The highest BCUT2D eigenvalue weighted by Gasteiger charge is 2.19. The van der Waals surface area contributed by atoms with E-state index in [1.165, 1.54) is 44.9 Å². The van der Waals surface area contributed by atoms with Crippen molar-refractivity contribution in [1.29, 1.82) is 0 Å². The fourth-order valence-corrected chi connectivity index (χ4v) is 7.08. The molecule has 68 heavy (non-hydrogen) atoms. The zero-order valence-electron chi connectivity index (χ0n) is 43.8. The van der Waals surface area contributed by atoms with Gasteiger partial charge in [0, 0.05) is 19.3 Å². The lowest BCUT2D eigenvalue weighted by molar-refractivity contribution is -0.167. The van der Waals surface area contributed by atoms with Gasteiger partial charge in [0.25, 0.3) is 0 Å². The molecule has 0 radical (unpaired) electrons. The van der Waals surface area contributed by atoms with Crippen molar-refractivity contribution in [3.05, 3.63) is 122 Å². The summed E-state index contributed by atoms with van der Waals surface area (Å²) in [5.41, 5.74) is 0. The minimum atomic E-state index is -0.783. The van der Waals surface area contributed by atoms with Gasteiger partial charge in [0.05, 0.1) is 0 Å². The zero-order chi connectivity index (χ0) is 49.3. The second-order valence-corrected chi connectivity index (χ2v) is 17.8. The van der Waals surface area contributed by atoms with Crippen molar-refractivity contribution >= 4 is 17.9 Å². The van der Waals surface area contributed by atoms with E-state index in [1.54, 1.807) is 0 Å². The molecule has 0 aromatic heterocycles. The molecule has 0 spiro atoms. The summed E-state index contributed by atoms with van der Waals surface area (Å²) in [6.07, 6.45) is 76.8. The van der Waals surface area contributed by atoms with Gasteiger partial charge in [0.15, 0.2) is 6.10 Å². The molecule has 0 aromatic carbocycles. The molecule has 0 aromatic rings. The normalized spacial score (nSPS) is 13.0. The number of hydrogen-bond acceptors (Lipinski definition) is 6. The van der Waals surface area contributed by atoms with Gasteiger partial charge in [-0.15, -0.1) is 0 Å². The van der Waals surface area contributed by atoms with Crippen molar-refractivity contribution in [2.45, 2.75) is 239 Å². The summed E-state index contributed by atoms with van der Waals surface area (Å²) in [5, 5.41) is 0. The molecule has 0 N–H and O–H groups in total. The lowest BCUT2D eigenvalue weighted by atomic mass is 10.1. The highest BCUT2D eigenvalue weighted by Crippen LogP contribution is 2.13. The quantitative estimate of drug-likeness (QED) is 0.0262. The topological polar surface area (TPSA) is 78.9 Å². The Morgan fingerprint density at radius 3 is 0.971 bits per heavy atom. The number of carbonyl (C=O) groups excluding carboxylic acids is 3. The zero-order valence-corrected chi connectivity index (χ0v) is 43.8. The minimum absolute atomic E-state index is 0.0870. The van der Waals surface area contributed by atoms with Gasteiger partial charge in [0.2, 0.25) is 0 Å². The van der Waals surface area contributed by atoms with Crippen LogP contribution in [-0.4, -0.2) is 37.2 Å². The Hall–Kier alpha value is -4.19. The molecule has 0 bridgehead atoms. The molecule has 6 nitrogen and oxygen atoms in total. The molecule has 6 heteroatoms. The molecule has 0 saturated heterocycles. The van der Waals surface area contributed by atoms with Gasteiger partial charge in [-0.05, 0) is 109 Å². The number of unbranched alkanes of at least 4 members (excludes halogenated alkanes) is 17. The average molecular weight is 941 g/mol. The first-order valence-electron chi connectivity index (χ1n) is 27.5. The molecule has 0 aliphatic heterocycles. The molecule has 0 rings (SSSR count). The molecule has 0 saturated carbocycles. The molecular weight excluding hydrogens is 841 g/mol. The molecule has 0 aliphatic carbocycles. The average Bonchev–Trinajstić information content (AvgIpc) is 3.34. The lowest BCUT2D eigenvalue weighted by Gasteiger charge is -2.18. The van der Waals surface area contributed by atoms with E-state index in [4.69, 9.17) is 14.2 Å². The van der Waals surface area contributed by atoms with E-state index in [0.29, 0.717) is 19.3 Å². The number of hydrogen-bond donors (Lipinski definition) is 0. The van der Waals surface area contributed by atoms with Crippen LogP contribution in [0.15, 0.2) is 122 Å². The van der Waals surface area contributed by atoms with Gasteiger partial charge in [-0.25, -0.2) is 0 Å². The van der Waals surface area contributed by atoms with Gasteiger partial charge >= 0.3 is 17.9 Å². The van der Waals surface area contributed by atoms with Gasteiger partial charge in [0.1, 0.15) is 13.2 Å². The van der Waals surface area contributed by atoms with Crippen LogP contribution in [-0.2, 0) is 28.6 Å². The number of allylic oxidation sites excluding steroid dienone is 20. The van der Waals surface area contributed by atoms with E-state index in [9.17, 15) is 14.4 Å². The summed E-state index contributed by atoms with van der Waals surface area (Å²) in [4.78, 5) is 37.6. The summed E-state index contributed by atoms with van der Waals surface area (Å²) in [6.45, 7) is 6.34. The van der Waals surface area contributed by atoms with Gasteiger partial charge < -0.3 is 14.2 Å². The predicted molar refractivity (Wildman–Crippen MR) is 293 cm³/mol. The van der Waals surface area contributed by atoms with Crippen LogP contribution in [0, 0.1) is 0 Å². The Morgan fingerprint density at radius 1 is 0.309 bits per heavy atom. The standard InChI is InChI=1S/C62H100O6/c1-4-7-10-13-15-17-19-20-21-22-23-24-25-26-27-28-29-30-31-32-33-34-35-36-37-38-39-40-41-42-43-45-46-49-52-55-61(64)67-58-59(57-66-60(63)54-51-48-12-9-6-3)68-62(65)56-53-50-47-44-18-16-14-11-8-5-2/h7,10-11,14-15,17,20-21,23-24,26-27,29-30,32-33,35-36,38-39,59H,4-6,8-9,12-13,16,18-19,22,25,28,31,34,37,40-58H2,1-3H3/b10-7-,14-11-,17-15-,21-20-,24-23-,27-26-,30-29-,33-32-,36-35-,39-38-. The largest absolute Gasteiger partial charge is 0.462 e. The summed E-state index contributed by atoms with van der Waals surface area (Å²) >= 11 is 0. The van der Waals surface area contributed by atoms with Crippen molar-refractivity contribution in [2.24, 2.45) is 0 Å². The molecule has 1 unspecified atom stereocenters. The van der Waals surface area contributed by atoms with Crippen LogP contribution < -0.4 is 0 Å². The number of carbonyl (C=O) groups is 3. The van der Waals surface area contributed by atoms with Crippen molar-refractivity contribution < 1.29 is 28.6 Å². The minimum Gasteiger partial charge on any atom is -0.462 e. The molecular formula is C62H100O6. The van der Waals surface area contributed by atoms with Crippen molar-refractivity contribution in [2.75, 3.05) is 13.2 Å². The van der Waals surface area contributed by atoms with E-state index in [-0.39, 0.29) is 31.1 Å². The van der Waals surface area contributed by atoms with Crippen LogP contribution in [0.5, 0.6) is 0 Å².